The lowest BCUT2D eigenvalue weighted by molar-refractivity contribution is -0.161. The monoisotopic (exact) mass is 1450 g/mol. The topological polar surface area (TPSA) is 237 Å². The third-order valence-electron chi connectivity index (χ3n) is 19.1. The molecule has 19 heteroatoms. The van der Waals surface area contributed by atoms with Gasteiger partial charge in [0.15, 0.2) is 12.2 Å². The largest absolute Gasteiger partial charge is 0.472 e. The third kappa shape index (κ3) is 72.8. The molecule has 0 rings (SSSR count). The Morgan fingerprint density at radius 3 is 0.768 bits per heavy atom. The number of phosphoric acid groups is 2. The summed E-state index contributed by atoms with van der Waals surface area (Å²) in [6.07, 6.45) is 60.8. The Morgan fingerprint density at radius 2 is 0.515 bits per heavy atom. The molecule has 0 aromatic rings. The van der Waals surface area contributed by atoms with Crippen LogP contribution in [0.1, 0.15) is 420 Å². The van der Waals surface area contributed by atoms with Gasteiger partial charge >= 0.3 is 39.5 Å². The van der Waals surface area contributed by atoms with Crippen molar-refractivity contribution in [2.75, 3.05) is 39.6 Å². The van der Waals surface area contributed by atoms with Gasteiger partial charge in [-0.1, -0.05) is 369 Å². The number of hydrogen-bond donors (Lipinski definition) is 3. The summed E-state index contributed by atoms with van der Waals surface area (Å²) in [5.41, 5.74) is 0. The SMILES string of the molecule is CCCCCCCCCCCCCCCCCCCCC(=O)O[C@H](COC(=O)CCCCCCCCCCCCCC(C)C)COP(=O)(O)OC[C@@H](O)COP(=O)(O)OC[C@@H](COC(=O)CCCCCCCCCCCCCCC)OC(=O)CCCCCCCCCCCCC(C)CC. The summed E-state index contributed by atoms with van der Waals surface area (Å²) in [6, 6.07) is 0. The van der Waals surface area contributed by atoms with Gasteiger partial charge < -0.3 is 33.8 Å². The molecule has 17 nitrogen and oxygen atoms in total. The second-order valence-corrected chi connectivity index (χ2v) is 32.4. The molecule has 0 aliphatic heterocycles. The van der Waals surface area contributed by atoms with Crippen molar-refractivity contribution in [1.82, 2.24) is 0 Å². The van der Waals surface area contributed by atoms with Crippen molar-refractivity contribution in [2.45, 2.75) is 439 Å². The van der Waals surface area contributed by atoms with Crippen LogP contribution in [0.2, 0.25) is 0 Å². The van der Waals surface area contributed by atoms with Crippen LogP contribution in [0.4, 0.5) is 0 Å². The average Bonchev–Trinajstić information content (AvgIpc) is 1.13. The fourth-order valence-electron chi connectivity index (χ4n) is 12.3. The van der Waals surface area contributed by atoms with Crippen LogP contribution in [0, 0.1) is 11.8 Å². The van der Waals surface area contributed by atoms with Gasteiger partial charge in [-0.3, -0.25) is 37.3 Å². The molecule has 0 saturated heterocycles. The first-order valence-corrected chi connectivity index (χ1v) is 44.5. The number of carbonyl (C=O) groups is 4. The van der Waals surface area contributed by atoms with Crippen LogP contribution in [0.15, 0.2) is 0 Å². The van der Waals surface area contributed by atoms with E-state index < -0.39 is 97.5 Å². The molecule has 0 aliphatic carbocycles. The quantitative estimate of drug-likeness (QED) is 0.0222. The standard InChI is InChI=1S/C80H156O17P2/c1-7-10-12-14-16-18-20-22-23-24-25-26-28-32-40-46-52-58-64-79(84)96-75(68-91-78(83)63-57-51-45-39-33-29-30-36-42-48-54-60-72(4)5)70-94-98(86,87)92-66-74(81)67-93-99(88,89)95-71-76(69-90-77(82)62-56-50-44-38-31-27-21-19-17-15-13-11-8-2)97-80(85)65-59-53-47-41-35-34-37-43-49-55-61-73(6)9-3/h72-76,81H,7-71H2,1-6H3,(H,86,87)(H,88,89)/t73?,74-,75-,76-/m1/s1. The minimum absolute atomic E-state index is 0.107. The molecule has 588 valence electrons. The lowest BCUT2D eigenvalue weighted by Gasteiger charge is -2.21. The Labute approximate surface area is 607 Å². The van der Waals surface area contributed by atoms with E-state index in [1.54, 1.807) is 0 Å². The molecule has 0 aliphatic rings. The molecule has 0 amide bonds. The number of hydrogen-bond acceptors (Lipinski definition) is 15. The molecule has 3 N–H and O–H groups in total. The van der Waals surface area contributed by atoms with Crippen molar-refractivity contribution in [2.24, 2.45) is 11.8 Å². The highest BCUT2D eigenvalue weighted by atomic mass is 31.2. The lowest BCUT2D eigenvalue weighted by Crippen LogP contribution is -2.30. The molecule has 0 saturated carbocycles. The summed E-state index contributed by atoms with van der Waals surface area (Å²) >= 11 is 0. The van der Waals surface area contributed by atoms with E-state index in [9.17, 15) is 43.2 Å². The van der Waals surface area contributed by atoms with Gasteiger partial charge in [-0.15, -0.1) is 0 Å². The fraction of sp³-hybridized carbons (Fsp3) is 0.950. The first-order valence-electron chi connectivity index (χ1n) is 41.5. The van der Waals surface area contributed by atoms with Crippen LogP contribution in [0.3, 0.4) is 0 Å². The maximum atomic E-state index is 13.1. The zero-order valence-corrected chi connectivity index (χ0v) is 66.6. The summed E-state index contributed by atoms with van der Waals surface area (Å²) in [7, 11) is -9.92. The van der Waals surface area contributed by atoms with Crippen LogP contribution in [-0.4, -0.2) is 96.7 Å². The van der Waals surface area contributed by atoms with E-state index in [0.717, 1.165) is 102 Å². The van der Waals surface area contributed by atoms with Gasteiger partial charge in [0.1, 0.15) is 19.3 Å². The third-order valence-corrected chi connectivity index (χ3v) is 21.0. The Morgan fingerprint density at radius 1 is 0.293 bits per heavy atom. The number of aliphatic hydroxyl groups is 1. The average molecular weight is 1450 g/mol. The van der Waals surface area contributed by atoms with Gasteiger partial charge in [-0.25, -0.2) is 9.13 Å². The van der Waals surface area contributed by atoms with Gasteiger partial charge in [0, 0.05) is 25.7 Å². The summed E-state index contributed by atoms with van der Waals surface area (Å²) in [6.45, 7) is 9.66. The molecular weight excluding hydrogens is 1290 g/mol. The van der Waals surface area contributed by atoms with Crippen LogP contribution >= 0.6 is 15.6 Å². The summed E-state index contributed by atoms with van der Waals surface area (Å²) < 4.78 is 68.7. The maximum absolute atomic E-state index is 13.1. The Bertz CT molecular complexity index is 1910. The van der Waals surface area contributed by atoms with Crippen molar-refractivity contribution >= 4 is 39.5 Å². The molecule has 99 heavy (non-hydrogen) atoms. The van der Waals surface area contributed by atoms with Gasteiger partial charge in [0.25, 0.3) is 0 Å². The van der Waals surface area contributed by atoms with E-state index in [4.69, 9.17) is 37.0 Å². The second kappa shape index (κ2) is 71.7. The van der Waals surface area contributed by atoms with E-state index in [1.165, 1.54) is 238 Å². The van der Waals surface area contributed by atoms with Crippen LogP contribution in [0.25, 0.3) is 0 Å². The van der Waals surface area contributed by atoms with E-state index in [0.29, 0.717) is 25.7 Å². The fourth-order valence-corrected chi connectivity index (χ4v) is 13.9. The minimum Gasteiger partial charge on any atom is -0.462 e. The first-order chi connectivity index (χ1) is 47.9. The zero-order chi connectivity index (χ0) is 72.8. The van der Waals surface area contributed by atoms with Gasteiger partial charge in [-0.2, -0.15) is 0 Å². The lowest BCUT2D eigenvalue weighted by atomic mass is 9.99. The molecule has 6 atom stereocenters. The Balaban J connectivity index is 5.27. The number of aliphatic hydroxyl groups excluding tert-OH is 1. The minimum atomic E-state index is -4.96. The van der Waals surface area contributed by atoms with Crippen molar-refractivity contribution in [3.63, 3.8) is 0 Å². The second-order valence-electron chi connectivity index (χ2n) is 29.5. The molecule has 0 aromatic carbocycles. The number of carbonyl (C=O) groups excluding carboxylic acids is 4. The van der Waals surface area contributed by atoms with Crippen LogP contribution in [-0.2, 0) is 65.4 Å². The molecule has 0 radical (unpaired) electrons. The number of unbranched alkanes of at least 4 members (excludes halogenated alkanes) is 48. The highest BCUT2D eigenvalue weighted by molar-refractivity contribution is 7.47. The number of rotatable bonds is 79. The molecule has 0 spiro atoms. The number of phosphoric ester groups is 2. The van der Waals surface area contributed by atoms with Gasteiger partial charge in [-0.05, 0) is 37.5 Å². The predicted octanol–water partition coefficient (Wildman–Crippen LogP) is 23.9. The van der Waals surface area contributed by atoms with Crippen molar-refractivity contribution in [3.05, 3.63) is 0 Å². The highest BCUT2D eigenvalue weighted by Crippen LogP contribution is 2.45. The molecule has 0 aromatic heterocycles. The number of esters is 4. The van der Waals surface area contributed by atoms with Crippen molar-refractivity contribution in [3.8, 4) is 0 Å². The zero-order valence-electron chi connectivity index (χ0n) is 64.8. The predicted molar refractivity (Wildman–Crippen MR) is 405 cm³/mol. The smallest absolute Gasteiger partial charge is 0.462 e. The molecule has 3 unspecified atom stereocenters. The van der Waals surface area contributed by atoms with Crippen molar-refractivity contribution in [1.29, 1.82) is 0 Å². The van der Waals surface area contributed by atoms with E-state index in [2.05, 4.69) is 41.5 Å². The maximum Gasteiger partial charge on any atom is 0.472 e. The molecule has 0 bridgehead atoms. The van der Waals surface area contributed by atoms with E-state index in [1.807, 2.05) is 0 Å². The van der Waals surface area contributed by atoms with Gasteiger partial charge in [0.2, 0.25) is 0 Å². The summed E-state index contributed by atoms with van der Waals surface area (Å²) in [5.74, 6) is -0.534. The van der Waals surface area contributed by atoms with E-state index in [-0.39, 0.29) is 25.7 Å². The van der Waals surface area contributed by atoms with E-state index >= 15 is 0 Å². The molecule has 0 heterocycles. The Kier molecular flexibility index (Phi) is 70.3. The van der Waals surface area contributed by atoms with Gasteiger partial charge in [0.05, 0.1) is 26.4 Å². The Hall–Kier alpha value is -1.94. The first kappa shape index (κ1) is 97.1. The molecule has 0 fully saturated rings. The highest BCUT2D eigenvalue weighted by Gasteiger charge is 2.30. The summed E-state index contributed by atoms with van der Waals surface area (Å²) in [5, 5.41) is 10.6. The molecular formula is C80H156O17P2. The summed E-state index contributed by atoms with van der Waals surface area (Å²) in [4.78, 5) is 73.0. The number of ether oxygens (including phenoxy) is 4. The normalized spacial score (nSPS) is 14.2. The van der Waals surface area contributed by atoms with Crippen LogP contribution in [0.5, 0.6) is 0 Å². The van der Waals surface area contributed by atoms with Crippen LogP contribution < -0.4 is 0 Å². The van der Waals surface area contributed by atoms with Crippen molar-refractivity contribution < 1.29 is 80.2 Å².